The highest BCUT2D eigenvalue weighted by molar-refractivity contribution is 7.15. The summed E-state index contributed by atoms with van der Waals surface area (Å²) in [7, 11) is 1.89. The van der Waals surface area contributed by atoms with Crippen molar-refractivity contribution in [3.8, 4) is 10.6 Å². The van der Waals surface area contributed by atoms with Gasteiger partial charge in [0.1, 0.15) is 5.01 Å². The number of benzene rings is 1. The van der Waals surface area contributed by atoms with Crippen molar-refractivity contribution in [2.24, 2.45) is 0 Å². The summed E-state index contributed by atoms with van der Waals surface area (Å²) in [5, 5.41) is 3.57. The molecule has 1 aliphatic carbocycles. The molecule has 2 aromatic rings. The third-order valence-electron chi connectivity index (χ3n) is 3.79. The lowest BCUT2D eigenvalue weighted by Crippen LogP contribution is -2.20. The molecule has 1 unspecified atom stereocenters. The van der Waals surface area contributed by atoms with E-state index in [0.717, 1.165) is 42.4 Å². The summed E-state index contributed by atoms with van der Waals surface area (Å²) in [6.07, 6.45) is 3.02. The summed E-state index contributed by atoms with van der Waals surface area (Å²) in [6.45, 7) is 0.816. The molecule has 0 saturated carbocycles. The van der Waals surface area contributed by atoms with Crippen LogP contribution in [0.5, 0.6) is 0 Å². The minimum atomic E-state index is -1.44. The lowest BCUT2D eigenvalue weighted by atomic mass is 9.91. The summed E-state index contributed by atoms with van der Waals surface area (Å²) in [5.74, 6) is -3.47. The normalized spacial score (nSPS) is 17.8. The van der Waals surface area contributed by atoms with Gasteiger partial charge < -0.3 is 5.32 Å². The van der Waals surface area contributed by atoms with Crippen molar-refractivity contribution in [3.63, 3.8) is 0 Å². The highest BCUT2D eigenvalue weighted by Crippen LogP contribution is 2.39. The van der Waals surface area contributed by atoms with Crippen LogP contribution < -0.4 is 5.32 Å². The molecular weight excluding hydrogens is 297 g/mol. The molecule has 1 N–H and O–H groups in total. The monoisotopic (exact) mass is 312 g/mol. The van der Waals surface area contributed by atoms with E-state index in [9.17, 15) is 13.2 Å². The predicted molar refractivity (Wildman–Crippen MR) is 77.0 cm³/mol. The van der Waals surface area contributed by atoms with Crippen molar-refractivity contribution in [1.82, 2.24) is 10.3 Å². The van der Waals surface area contributed by atoms with Crippen LogP contribution in [0.2, 0.25) is 0 Å². The van der Waals surface area contributed by atoms with Gasteiger partial charge in [-0.1, -0.05) is 0 Å². The lowest BCUT2D eigenvalue weighted by molar-refractivity contribution is 0.449. The SMILES string of the molecule is CNCC1CCCc2sc(-c3ccc(F)c(F)c3F)nc21. The molecule has 0 saturated heterocycles. The summed E-state index contributed by atoms with van der Waals surface area (Å²) < 4.78 is 40.3. The zero-order valence-corrected chi connectivity index (χ0v) is 12.4. The van der Waals surface area contributed by atoms with Crippen molar-refractivity contribution in [3.05, 3.63) is 40.2 Å². The largest absolute Gasteiger partial charge is 0.319 e. The van der Waals surface area contributed by atoms with E-state index in [2.05, 4.69) is 10.3 Å². The molecule has 1 aliphatic rings. The van der Waals surface area contributed by atoms with Gasteiger partial charge in [0.2, 0.25) is 0 Å². The van der Waals surface area contributed by atoms with Gasteiger partial charge in [-0.05, 0) is 38.4 Å². The van der Waals surface area contributed by atoms with E-state index in [1.807, 2.05) is 7.05 Å². The molecule has 0 amide bonds. The molecule has 0 spiro atoms. The quantitative estimate of drug-likeness (QED) is 0.870. The maximum absolute atomic E-state index is 13.9. The molecule has 0 radical (unpaired) electrons. The summed E-state index contributed by atoms with van der Waals surface area (Å²) in [4.78, 5) is 5.63. The number of aryl methyl sites for hydroxylation is 1. The molecule has 1 aromatic carbocycles. The van der Waals surface area contributed by atoms with Gasteiger partial charge in [-0.3, -0.25) is 0 Å². The molecule has 1 atom stereocenters. The molecule has 1 aromatic heterocycles. The van der Waals surface area contributed by atoms with E-state index in [1.54, 1.807) is 0 Å². The van der Waals surface area contributed by atoms with Crippen molar-refractivity contribution < 1.29 is 13.2 Å². The van der Waals surface area contributed by atoms with Crippen LogP contribution in [0.4, 0.5) is 13.2 Å². The van der Waals surface area contributed by atoms with Gasteiger partial charge in [0, 0.05) is 22.9 Å². The first-order valence-electron chi connectivity index (χ1n) is 6.90. The number of thiazole rings is 1. The maximum Gasteiger partial charge on any atom is 0.195 e. The van der Waals surface area contributed by atoms with Crippen LogP contribution in [-0.2, 0) is 6.42 Å². The fourth-order valence-electron chi connectivity index (χ4n) is 2.76. The minimum absolute atomic E-state index is 0.0384. The van der Waals surface area contributed by atoms with E-state index in [-0.39, 0.29) is 5.56 Å². The van der Waals surface area contributed by atoms with Gasteiger partial charge in [-0.2, -0.15) is 0 Å². The van der Waals surface area contributed by atoms with Crippen molar-refractivity contribution >= 4 is 11.3 Å². The Labute approximate surface area is 125 Å². The Bertz CT molecular complexity index is 669. The first kappa shape index (κ1) is 14.5. The minimum Gasteiger partial charge on any atom is -0.319 e. The molecule has 1 heterocycles. The number of fused-ring (bicyclic) bond motifs is 1. The van der Waals surface area contributed by atoms with E-state index < -0.39 is 17.5 Å². The number of nitrogens with one attached hydrogen (secondary N) is 1. The molecule has 0 bridgehead atoms. The van der Waals surface area contributed by atoms with Crippen molar-refractivity contribution in [2.75, 3.05) is 13.6 Å². The standard InChI is InChI=1S/C15H15F3N2S/c1-19-7-8-3-2-4-11-14(8)20-15(21-11)9-5-6-10(16)13(18)12(9)17/h5-6,8,19H,2-4,7H2,1H3. The number of rotatable bonds is 3. The Morgan fingerprint density at radius 1 is 1.29 bits per heavy atom. The van der Waals surface area contributed by atoms with Crippen LogP contribution in [-0.4, -0.2) is 18.6 Å². The second-order valence-corrected chi connectivity index (χ2v) is 6.28. The lowest BCUT2D eigenvalue weighted by Gasteiger charge is -2.20. The highest BCUT2D eigenvalue weighted by atomic mass is 32.1. The first-order chi connectivity index (χ1) is 10.1. The molecule has 6 heteroatoms. The molecule has 0 fully saturated rings. The third-order valence-corrected chi connectivity index (χ3v) is 4.95. The topological polar surface area (TPSA) is 24.9 Å². The zero-order valence-electron chi connectivity index (χ0n) is 11.5. The second kappa shape index (κ2) is 5.77. The van der Waals surface area contributed by atoms with Crippen molar-refractivity contribution in [2.45, 2.75) is 25.2 Å². The van der Waals surface area contributed by atoms with Crippen LogP contribution in [0.3, 0.4) is 0 Å². The number of nitrogens with zero attached hydrogens (tertiary/aromatic N) is 1. The maximum atomic E-state index is 13.9. The number of hydrogen-bond acceptors (Lipinski definition) is 3. The zero-order chi connectivity index (χ0) is 15.0. The highest BCUT2D eigenvalue weighted by Gasteiger charge is 2.26. The predicted octanol–water partition coefficient (Wildman–Crippen LogP) is 3.87. The van der Waals surface area contributed by atoms with Gasteiger partial charge in [-0.25, -0.2) is 18.2 Å². The smallest absolute Gasteiger partial charge is 0.195 e. The summed E-state index contributed by atoms with van der Waals surface area (Å²) >= 11 is 1.38. The van der Waals surface area contributed by atoms with E-state index in [4.69, 9.17) is 0 Å². The summed E-state index contributed by atoms with van der Waals surface area (Å²) in [5.41, 5.74) is 1.01. The number of aromatic nitrogens is 1. The van der Waals surface area contributed by atoms with Crippen LogP contribution in [0.15, 0.2) is 12.1 Å². The Morgan fingerprint density at radius 2 is 2.10 bits per heavy atom. The second-order valence-electron chi connectivity index (χ2n) is 5.20. The average Bonchev–Trinajstić information content (AvgIpc) is 2.90. The van der Waals surface area contributed by atoms with Crippen LogP contribution in [0.1, 0.15) is 29.3 Å². The molecular formula is C15H15F3N2S. The fourth-order valence-corrected chi connectivity index (χ4v) is 3.97. The van der Waals surface area contributed by atoms with Gasteiger partial charge in [0.05, 0.1) is 5.69 Å². The summed E-state index contributed by atoms with van der Waals surface area (Å²) in [6, 6.07) is 2.20. The van der Waals surface area contributed by atoms with E-state index >= 15 is 0 Å². The van der Waals surface area contributed by atoms with Crippen LogP contribution in [0.25, 0.3) is 10.6 Å². The molecule has 112 valence electrons. The van der Waals surface area contributed by atoms with Crippen LogP contribution >= 0.6 is 11.3 Å². The Kier molecular flexibility index (Phi) is 3.99. The van der Waals surface area contributed by atoms with Gasteiger partial charge in [-0.15, -0.1) is 11.3 Å². The molecule has 2 nitrogen and oxygen atoms in total. The van der Waals surface area contributed by atoms with Gasteiger partial charge in [0.15, 0.2) is 17.5 Å². The van der Waals surface area contributed by atoms with Crippen LogP contribution in [0, 0.1) is 17.5 Å². The number of halogens is 3. The molecule has 21 heavy (non-hydrogen) atoms. The number of hydrogen-bond donors (Lipinski definition) is 1. The molecule has 3 rings (SSSR count). The van der Waals surface area contributed by atoms with Crippen molar-refractivity contribution in [1.29, 1.82) is 0 Å². The fraction of sp³-hybridized carbons (Fsp3) is 0.400. The Hall–Kier alpha value is -1.40. The molecule has 0 aliphatic heterocycles. The third kappa shape index (κ3) is 2.58. The van der Waals surface area contributed by atoms with Gasteiger partial charge in [0.25, 0.3) is 0 Å². The average molecular weight is 312 g/mol. The van der Waals surface area contributed by atoms with E-state index in [0.29, 0.717) is 10.9 Å². The Balaban J connectivity index is 2.03. The Morgan fingerprint density at radius 3 is 2.86 bits per heavy atom. The first-order valence-corrected chi connectivity index (χ1v) is 7.71. The van der Waals surface area contributed by atoms with E-state index in [1.165, 1.54) is 17.4 Å². The number of likely N-dealkylation sites (N-methyl/N-ethyl adjacent to an activating group) is 1. The van der Waals surface area contributed by atoms with Gasteiger partial charge >= 0.3 is 0 Å².